The maximum atomic E-state index is 12.8. The summed E-state index contributed by atoms with van der Waals surface area (Å²) in [5, 5.41) is 7.31. The van der Waals surface area contributed by atoms with Gasteiger partial charge in [0.1, 0.15) is 6.04 Å². The van der Waals surface area contributed by atoms with Crippen molar-refractivity contribution < 1.29 is 10.1 Å². The number of para-hydroxylation sites is 1. The van der Waals surface area contributed by atoms with E-state index in [1.807, 2.05) is 54.6 Å². The standard InChI is InChI=1S/C26H24N2OS/c29-25(19-27-26(24-16-9-17-30-24)21-12-5-2-6-13-21)28-23-15-8-7-14-22(23)18-20-10-3-1-4-11-20/h1-17,26-27H,18-19H2,(H,28,29)/p+1/t26-/m1/s1. The van der Waals surface area contributed by atoms with E-state index < -0.39 is 0 Å². The van der Waals surface area contributed by atoms with Crippen LogP contribution in [0.5, 0.6) is 0 Å². The van der Waals surface area contributed by atoms with Gasteiger partial charge in [-0.05, 0) is 35.1 Å². The lowest BCUT2D eigenvalue weighted by atomic mass is 10.0. The fraction of sp³-hybridized carbons (Fsp3) is 0.115. The minimum Gasteiger partial charge on any atom is -0.328 e. The Kier molecular flexibility index (Phi) is 6.70. The Labute approximate surface area is 181 Å². The molecule has 3 nitrogen and oxygen atoms in total. The molecule has 150 valence electrons. The summed E-state index contributed by atoms with van der Waals surface area (Å²) < 4.78 is 0. The minimum absolute atomic E-state index is 0.00741. The summed E-state index contributed by atoms with van der Waals surface area (Å²) in [6, 6.07) is 33.0. The molecule has 0 aliphatic rings. The van der Waals surface area contributed by atoms with Crippen molar-refractivity contribution in [1.29, 1.82) is 0 Å². The molecule has 0 fully saturated rings. The molecule has 3 aromatic carbocycles. The maximum Gasteiger partial charge on any atom is 0.279 e. The van der Waals surface area contributed by atoms with E-state index in [0.29, 0.717) is 6.54 Å². The number of rotatable bonds is 8. The molecule has 1 aromatic heterocycles. The number of hydrogen-bond acceptors (Lipinski definition) is 2. The number of quaternary nitrogens is 1. The SMILES string of the molecule is O=C(C[NH2+][C@H](c1ccccc1)c1cccs1)Nc1ccccc1Cc1ccccc1. The van der Waals surface area contributed by atoms with Crippen molar-refractivity contribution in [2.75, 3.05) is 11.9 Å². The molecule has 0 saturated heterocycles. The predicted octanol–water partition coefficient (Wildman–Crippen LogP) is 4.63. The molecule has 0 bridgehead atoms. The molecule has 30 heavy (non-hydrogen) atoms. The van der Waals surface area contributed by atoms with Crippen LogP contribution in [0.4, 0.5) is 5.69 Å². The Bertz CT molecular complexity index is 1060. The van der Waals surface area contributed by atoms with Crippen LogP contribution < -0.4 is 10.6 Å². The van der Waals surface area contributed by atoms with Gasteiger partial charge in [0.25, 0.3) is 5.91 Å². The van der Waals surface area contributed by atoms with Gasteiger partial charge in [0.05, 0.1) is 4.88 Å². The number of nitrogens with one attached hydrogen (secondary N) is 1. The average Bonchev–Trinajstić information content (AvgIpc) is 3.31. The normalized spacial score (nSPS) is 11.7. The highest BCUT2D eigenvalue weighted by Crippen LogP contribution is 2.22. The van der Waals surface area contributed by atoms with Crippen LogP contribution in [0, 0.1) is 0 Å². The number of carbonyl (C=O) groups excluding carboxylic acids is 1. The third-order valence-corrected chi connectivity index (χ3v) is 6.03. The van der Waals surface area contributed by atoms with E-state index in [4.69, 9.17) is 0 Å². The van der Waals surface area contributed by atoms with E-state index in [2.05, 4.69) is 58.5 Å². The zero-order chi connectivity index (χ0) is 20.6. The van der Waals surface area contributed by atoms with Crippen molar-refractivity contribution in [2.45, 2.75) is 12.5 Å². The molecule has 4 aromatic rings. The second-order valence-electron chi connectivity index (χ2n) is 7.21. The zero-order valence-electron chi connectivity index (χ0n) is 16.7. The summed E-state index contributed by atoms with van der Waals surface area (Å²) in [7, 11) is 0. The Morgan fingerprint density at radius 3 is 2.27 bits per heavy atom. The molecule has 4 rings (SSSR count). The molecule has 1 heterocycles. The first kappa shape index (κ1) is 20.1. The quantitative estimate of drug-likeness (QED) is 0.435. The third-order valence-electron chi connectivity index (χ3n) is 5.08. The first-order chi connectivity index (χ1) is 14.8. The van der Waals surface area contributed by atoms with Crippen molar-refractivity contribution >= 4 is 22.9 Å². The average molecular weight is 414 g/mol. The molecule has 4 heteroatoms. The second-order valence-corrected chi connectivity index (χ2v) is 8.19. The third kappa shape index (κ3) is 5.23. The van der Waals surface area contributed by atoms with E-state index in [1.165, 1.54) is 16.0 Å². The molecule has 0 radical (unpaired) electrons. The number of anilines is 1. The molecule has 1 atom stereocenters. The van der Waals surface area contributed by atoms with Crippen molar-refractivity contribution in [2.24, 2.45) is 0 Å². The molecule has 1 amide bonds. The van der Waals surface area contributed by atoms with Crippen LogP contribution in [-0.2, 0) is 11.2 Å². The van der Waals surface area contributed by atoms with E-state index in [0.717, 1.165) is 17.7 Å². The fourth-order valence-electron chi connectivity index (χ4n) is 3.58. The molecule has 0 unspecified atom stereocenters. The largest absolute Gasteiger partial charge is 0.328 e. The first-order valence-corrected chi connectivity index (χ1v) is 11.0. The predicted molar refractivity (Wildman–Crippen MR) is 124 cm³/mol. The van der Waals surface area contributed by atoms with Crippen LogP contribution in [0.25, 0.3) is 0 Å². The number of hydrogen-bond donors (Lipinski definition) is 2. The van der Waals surface area contributed by atoms with Crippen molar-refractivity contribution in [3.05, 3.63) is 124 Å². The summed E-state index contributed by atoms with van der Waals surface area (Å²) in [5.74, 6) is 0.00741. The van der Waals surface area contributed by atoms with Gasteiger partial charge in [0.15, 0.2) is 6.54 Å². The number of thiophene rings is 1. The molecule has 0 aliphatic heterocycles. The van der Waals surface area contributed by atoms with Gasteiger partial charge in [-0.25, -0.2) is 0 Å². The van der Waals surface area contributed by atoms with Gasteiger partial charge in [-0.15, -0.1) is 11.3 Å². The van der Waals surface area contributed by atoms with Gasteiger partial charge >= 0.3 is 0 Å². The van der Waals surface area contributed by atoms with E-state index >= 15 is 0 Å². The van der Waals surface area contributed by atoms with E-state index in [1.54, 1.807) is 11.3 Å². The van der Waals surface area contributed by atoms with Crippen LogP contribution in [0.1, 0.15) is 27.6 Å². The molecule has 0 spiro atoms. The smallest absolute Gasteiger partial charge is 0.279 e. The topological polar surface area (TPSA) is 45.7 Å². The van der Waals surface area contributed by atoms with E-state index in [9.17, 15) is 4.79 Å². The van der Waals surface area contributed by atoms with E-state index in [-0.39, 0.29) is 11.9 Å². The first-order valence-electron chi connectivity index (χ1n) is 10.1. The number of nitrogens with two attached hydrogens (primary N) is 1. The Morgan fingerprint density at radius 1 is 0.833 bits per heavy atom. The van der Waals surface area contributed by atoms with Crippen LogP contribution >= 0.6 is 11.3 Å². The monoisotopic (exact) mass is 413 g/mol. The van der Waals surface area contributed by atoms with Crippen molar-refractivity contribution in [3.63, 3.8) is 0 Å². The summed E-state index contributed by atoms with van der Waals surface area (Å²) in [6.07, 6.45) is 0.794. The van der Waals surface area contributed by atoms with Gasteiger partial charge in [-0.1, -0.05) is 84.9 Å². The lowest BCUT2D eigenvalue weighted by molar-refractivity contribution is -0.675. The fourth-order valence-corrected chi connectivity index (χ4v) is 4.43. The van der Waals surface area contributed by atoms with Crippen LogP contribution in [-0.4, -0.2) is 12.5 Å². The van der Waals surface area contributed by atoms with Crippen molar-refractivity contribution in [3.8, 4) is 0 Å². The lowest BCUT2D eigenvalue weighted by Crippen LogP contribution is -2.87. The maximum absolute atomic E-state index is 12.8. The van der Waals surface area contributed by atoms with Gasteiger partial charge in [0.2, 0.25) is 0 Å². The summed E-state index contributed by atoms with van der Waals surface area (Å²) in [5.41, 5.74) is 4.44. The number of amides is 1. The Balaban J connectivity index is 1.43. The Hall–Kier alpha value is -3.21. The van der Waals surface area contributed by atoms with Crippen LogP contribution in [0.15, 0.2) is 102 Å². The minimum atomic E-state index is 0.00741. The molecular formula is C26H25N2OS+. The van der Waals surface area contributed by atoms with Crippen molar-refractivity contribution in [1.82, 2.24) is 0 Å². The summed E-state index contributed by atoms with van der Waals surface area (Å²) in [4.78, 5) is 14.0. The number of benzene rings is 3. The second kappa shape index (κ2) is 10.0. The highest BCUT2D eigenvalue weighted by atomic mass is 32.1. The highest BCUT2D eigenvalue weighted by molar-refractivity contribution is 7.10. The molecule has 3 N–H and O–H groups in total. The van der Waals surface area contributed by atoms with Gasteiger partial charge in [-0.2, -0.15) is 0 Å². The van der Waals surface area contributed by atoms with Gasteiger partial charge in [0, 0.05) is 11.3 Å². The van der Waals surface area contributed by atoms with Crippen LogP contribution in [0.3, 0.4) is 0 Å². The summed E-state index contributed by atoms with van der Waals surface area (Å²) in [6.45, 7) is 0.358. The Morgan fingerprint density at radius 2 is 1.53 bits per heavy atom. The molecular weight excluding hydrogens is 388 g/mol. The van der Waals surface area contributed by atoms with Gasteiger partial charge in [-0.3, -0.25) is 4.79 Å². The summed E-state index contributed by atoms with van der Waals surface area (Å²) >= 11 is 1.72. The van der Waals surface area contributed by atoms with Gasteiger partial charge < -0.3 is 10.6 Å². The molecule has 0 saturated carbocycles. The lowest BCUT2D eigenvalue weighted by Gasteiger charge is -2.15. The zero-order valence-corrected chi connectivity index (χ0v) is 17.5. The van der Waals surface area contributed by atoms with Crippen LogP contribution in [0.2, 0.25) is 0 Å². The molecule has 0 aliphatic carbocycles. The number of carbonyl (C=O) groups is 1. The highest BCUT2D eigenvalue weighted by Gasteiger charge is 2.20.